The number of nitro benzene ring substituents is 1. The van der Waals surface area contributed by atoms with E-state index in [1.807, 2.05) is 31.2 Å². The summed E-state index contributed by atoms with van der Waals surface area (Å²) in [5, 5.41) is 12.9. The van der Waals surface area contributed by atoms with E-state index in [0.29, 0.717) is 11.3 Å². The number of rotatable bonds is 8. The normalized spacial score (nSPS) is 11.5. The molecule has 7 nitrogen and oxygen atoms in total. The third-order valence-corrected chi connectivity index (χ3v) is 4.78. The summed E-state index contributed by atoms with van der Waals surface area (Å²) in [5.74, 6) is -0.512. The number of anilines is 1. The summed E-state index contributed by atoms with van der Waals surface area (Å²) >= 11 is 1.18. The van der Waals surface area contributed by atoms with Crippen molar-refractivity contribution in [3.63, 3.8) is 0 Å². The SMILES string of the molecule is Cc1ccc(NC(=O)CS[C@H](C)C(=O)OCc2ccc([N+](=O)[O-])cc2)cc1. The zero-order valence-corrected chi connectivity index (χ0v) is 15.8. The second-order valence-corrected chi connectivity index (χ2v) is 7.23. The van der Waals surface area contributed by atoms with Crippen molar-refractivity contribution in [2.24, 2.45) is 0 Å². The predicted molar refractivity (Wildman–Crippen MR) is 105 cm³/mol. The number of amides is 1. The first-order valence-electron chi connectivity index (χ1n) is 8.23. The first-order valence-corrected chi connectivity index (χ1v) is 9.28. The van der Waals surface area contributed by atoms with E-state index in [4.69, 9.17) is 4.74 Å². The van der Waals surface area contributed by atoms with Crippen LogP contribution in [0.4, 0.5) is 11.4 Å². The molecule has 0 heterocycles. The van der Waals surface area contributed by atoms with Crippen LogP contribution in [-0.4, -0.2) is 27.8 Å². The average Bonchev–Trinajstić information content (AvgIpc) is 2.66. The topological polar surface area (TPSA) is 98.5 Å². The summed E-state index contributed by atoms with van der Waals surface area (Å²) in [6.45, 7) is 3.66. The van der Waals surface area contributed by atoms with Gasteiger partial charge in [-0.3, -0.25) is 19.7 Å². The minimum Gasteiger partial charge on any atom is -0.460 e. The molecule has 2 aromatic carbocycles. The molecular weight excluding hydrogens is 368 g/mol. The highest BCUT2D eigenvalue weighted by atomic mass is 32.2. The van der Waals surface area contributed by atoms with Crippen molar-refractivity contribution < 1.29 is 19.2 Å². The molecule has 0 fully saturated rings. The zero-order chi connectivity index (χ0) is 19.8. The van der Waals surface area contributed by atoms with Gasteiger partial charge < -0.3 is 10.1 Å². The summed E-state index contributed by atoms with van der Waals surface area (Å²) in [6.07, 6.45) is 0. The van der Waals surface area contributed by atoms with Gasteiger partial charge in [-0.2, -0.15) is 0 Å². The molecule has 1 N–H and O–H groups in total. The maximum atomic E-state index is 12.0. The molecule has 0 aliphatic heterocycles. The van der Waals surface area contributed by atoms with Crippen LogP contribution in [0, 0.1) is 17.0 Å². The fourth-order valence-corrected chi connectivity index (χ4v) is 2.77. The molecule has 0 aliphatic carbocycles. The number of thioether (sulfide) groups is 1. The molecule has 0 aromatic heterocycles. The lowest BCUT2D eigenvalue weighted by Crippen LogP contribution is -2.21. The number of esters is 1. The quantitative estimate of drug-likeness (QED) is 0.420. The average molecular weight is 388 g/mol. The predicted octanol–water partition coefficient (Wildman–Crippen LogP) is 3.71. The number of carbonyl (C=O) groups is 2. The van der Waals surface area contributed by atoms with Crippen LogP contribution in [0.1, 0.15) is 18.1 Å². The molecule has 0 radical (unpaired) electrons. The standard InChI is InChI=1S/C19H20N2O5S/c1-13-3-7-16(8-4-13)20-18(22)12-27-14(2)19(23)26-11-15-5-9-17(10-6-15)21(24)25/h3-10,14H,11-12H2,1-2H3,(H,20,22)/t14-/m1/s1. The van der Waals surface area contributed by atoms with Gasteiger partial charge in [0.05, 0.1) is 10.7 Å². The number of nitrogens with one attached hydrogen (secondary N) is 1. The van der Waals surface area contributed by atoms with Crippen molar-refractivity contribution in [3.8, 4) is 0 Å². The molecule has 0 aliphatic rings. The van der Waals surface area contributed by atoms with E-state index in [9.17, 15) is 19.7 Å². The largest absolute Gasteiger partial charge is 0.460 e. The van der Waals surface area contributed by atoms with E-state index in [0.717, 1.165) is 5.56 Å². The molecule has 1 atom stereocenters. The lowest BCUT2D eigenvalue weighted by atomic mass is 10.2. The highest BCUT2D eigenvalue weighted by molar-refractivity contribution is 8.01. The molecule has 27 heavy (non-hydrogen) atoms. The van der Waals surface area contributed by atoms with Crippen molar-refractivity contribution in [1.82, 2.24) is 0 Å². The van der Waals surface area contributed by atoms with Gasteiger partial charge in [-0.1, -0.05) is 17.7 Å². The Bertz CT molecular complexity index is 806. The Morgan fingerprint density at radius 1 is 1.15 bits per heavy atom. The van der Waals surface area contributed by atoms with Crippen molar-refractivity contribution in [2.45, 2.75) is 25.7 Å². The maximum absolute atomic E-state index is 12.0. The number of non-ortho nitro benzene ring substituents is 1. The summed E-state index contributed by atoms with van der Waals surface area (Å²) in [4.78, 5) is 34.1. The molecule has 0 spiro atoms. The van der Waals surface area contributed by atoms with E-state index in [1.165, 1.54) is 36.0 Å². The fraction of sp³-hybridized carbons (Fsp3) is 0.263. The third-order valence-electron chi connectivity index (χ3n) is 3.66. The Morgan fingerprint density at radius 3 is 2.37 bits per heavy atom. The molecule has 142 valence electrons. The van der Waals surface area contributed by atoms with E-state index in [-0.39, 0.29) is 24.0 Å². The Balaban J connectivity index is 1.73. The number of carbonyl (C=O) groups excluding carboxylic acids is 2. The highest BCUT2D eigenvalue weighted by Gasteiger charge is 2.17. The van der Waals surface area contributed by atoms with Crippen LogP contribution in [0.5, 0.6) is 0 Å². The summed E-state index contributed by atoms with van der Waals surface area (Å²) in [5.41, 5.74) is 2.45. The van der Waals surface area contributed by atoms with Crippen molar-refractivity contribution in [2.75, 3.05) is 11.1 Å². The number of nitrogens with zero attached hydrogens (tertiary/aromatic N) is 1. The molecule has 0 saturated heterocycles. The van der Waals surface area contributed by atoms with Gasteiger partial charge >= 0.3 is 5.97 Å². The molecule has 0 unspecified atom stereocenters. The van der Waals surface area contributed by atoms with Crippen LogP contribution < -0.4 is 5.32 Å². The second kappa shape index (κ2) is 9.72. The van der Waals surface area contributed by atoms with Crippen molar-refractivity contribution in [1.29, 1.82) is 0 Å². The van der Waals surface area contributed by atoms with Crippen LogP contribution in [0.2, 0.25) is 0 Å². The molecule has 1 amide bonds. The van der Waals surface area contributed by atoms with Gasteiger partial charge in [0, 0.05) is 17.8 Å². The van der Waals surface area contributed by atoms with Gasteiger partial charge in [-0.05, 0) is 43.7 Å². The summed E-state index contributed by atoms with van der Waals surface area (Å²) in [7, 11) is 0. The van der Waals surface area contributed by atoms with Gasteiger partial charge in [0.15, 0.2) is 0 Å². The van der Waals surface area contributed by atoms with E-state index < -0.39 is 16.1 Å². The Morgan fingerprint density at radius 2 is 1.78 bits per heavy atom. The monoisotopic (exact) mass is 388 g/mol. The molecule has 0 bridgehead atoms. The lowest BCUT2D eigenvalue weighted by molar-refractivity contribution is -0.384. The molecule has 2 rings (SSSR count). The maximum Gasteiger partial charge on any atom is 0.319 e. The number of aryl methyl sites for hydroxylation is 1. The van der Waals surface area contributed by atoms with Crippen LogP contribution in [0.3, 0.4) is 0 Å². The number of hydrogen-bond donors (Lipinski definition) is 1. The van der Waals surface area contributed by atoms with Crippen LogP contribution in [0.25, 0.3) is 0 Å². The van der Waals surface area contributed by atoms with E-state index >= 15 is 0 Å². The lowest BCUT2D eigenvalue weighted by Gasteiger charge is -2.11. The van der Waals surface area contributed by atoms with Gasteiger partial charge in [-0.15, -0.1) is 11.8 Å². The molecular formula is C19H20N2O5S. The third kappa shape index (κ3) is 6.74. The summed E-state index contributed by atoms with van der Waals surface area (Å²) in [6, 6.07) is 13.2. The summed E-state index contributed by atoms with van der Waals surface area (Å²) < 4.78 is 5.19. The molecule has 2 aromatic rings. The molecule has 8 heteroatoms. The van der Waals surface area contributed by atoms with Crippen molar-refractivity contribution >= 4 is 35.0 Å². The van der Waals surface area contributed by atoms with Gasteiger partial charge in [-0.25, -0.2) is 0 Å². The second-order valence-electron chi connectivity index (χ2n) is 5.90. The zero-order valence-electron chi connectivity index (χ0n) is 15.0. The fourth-order valence-electron chi connectivity index (χ4n) is 2.09. The Labute approximate surface area is 161 Å². The van der Waals surface area contributed by atoms with Crippen molar-refractivity contribution in [3.05, 3.63) is 69.8 Å². The smallest absolute Gasteiger partial charge is 0.319 e. The van der Waals surface area contributed by atoms with Gasteiger partial charge in [0.25, 0.3) is 5.69 Å². The van der Waals surface area contributed by atoms with E-state index in [2.05, 4.69) is 5.32 Å². The van der Waals surface area contributed by atoms with Crippen LogP contribution >= 0.6 is 11.8 Å². The van der Waals surface area contributed by atoms with E-state index in [1.54, 1.807) is 6.92 Å². The van der Waals surface area contributed by atoms with Crippen LogP contribution in [0.15, 0.2) is 48.5 Å². The number of nitro groups is 1. The Kier molecular flexibility index (Phi) is 7.36. The number of benzene rings is 2. The number of ether oxygens (including phenoxy) is 1. The minimum atomic E-state index is -0.508. The first kappa shape index (κ1) is 20.4. The van der Waals surface area contributed by atoms with Gasteiger partial charge in [0.1, 0.15) is 11.9 Å². The Hall–Kier alpha value is -2.87. The molecule has 0 saturated carbocycles. The minimum absolute atomic E-state index is 0.0198. The first-order chi connectivity index (χ1) is 12.8. The van der Waals surface area contributed by atoms with Crippen LogP contribution in [-0.2, 0) is 20.9 Å². The van der Waals surface area contributed by atoms with Gasteiger partial charge in [0.2, 0.25) is 5.91 Å². The highest BCUT2D eigenvalue weighted by Crippen LogP contribution is 2.16. The number of hydrogen-bond acceptors (Lipinski definition) is 6.